The molecule has 2 aliphatic rings. The summed E-state index contributed by atoms with van der Waals surface area (Å²) < 4.78 is 29.1. The van der Waals surface area contributed by atoms with Gasteiger partial charge in [-0.2, -0.15) is 0 Å². The van der Waals surface area contributed by atoms with E-state index in [1.54, 1.807) is 6.20 Å². The third-order valence-corrected chi connectivity index (χ3v) is 6.89. The van der Waals surface area contributed by atoms with Crippen LogP contribution in [0.5, 0.6) is 0 Å². The minimum absolute atomic E-state index is 0.116. The zero-order valence-electron chi connectivity index (χ0n) is 20.8. The van der Waals surface area contributed by atoms with Crippen molar-refractivity contribution in [1.82, 2.24) is 5.32 Å². The second-order valence-corrected chi connectivity index (χ2v) is 9.43. The fourth-order valence-electron chi connectivity index (χ4n) is 4.64. The number of nitrogens with two attached hydrogens (primary N) is 1. The van der Waals surface area contributed by atoms with Crippen molar-refractivity contribution in [2.24, 2.45) is 16.6 Å². The highest BCUT2D eigenvalue weighted by Crippen LogP contribution is 2.38. The topological polar surface area (TPSA) is 79.5 Å². The van der Waals surface area contributed by atoms with E-state index in [2.05, 4.69) is 27.8 Å². The van der Waals surface area contributed by atoms with Crippen LogP contribution in [0.4, 0.5) is 14.5 Å². The molecule has 1 unspecified atom stereocenters. The number of benzene rings is 2. The van der Waals surface area contributed by atoms with E-state index in [0.717, 1.165) is 35.5 Å². The Morgan fingerprint density at radius 3 is 2.81 bits per heavy atom. The Morgan fingerprint density at radius 1 is 1.19 bits per heavy atom. The SMILES string of the molecule is CCc1cc(N/C2=C\C/C=C\CCC3C(c4ccc(Cl)c(F)c4F)=CN=C23)ccc1C(=O)NCCCN. The third kappa shape index (κ3) is 6.00. The second-order valence-electron chi connectivity index (χ2n) is 9.03. The third-order valence-electron chi connectivity index (χ3n) is 6.59. The molecule has 0 bridgehead atoms. The van der Waals surface area contributed by atoms with Crippen LogP contribution < -0.4 is 16.4 Å². The Bertz CT molecular complexity index is 1300. The van der Waals surface area contributed by atoms with Crippen molar-refractivity contribution in [3.05, 3.63) is 93.8 Å². The summed E-state index contributed by atoms with van der Waals surface area (Å²) in [6, 6.07) is 8.53. The quantitative estimate of drug-likeness (QED) is 0.212. The summed E-state index contributed by atoms with van der Waals surface area (Å²) in [5.74, 6) is -2.34. The summed E-state index contributed by atoms with van der Waals surface area (Å²) in [4.78, 5) is 17.3. The number of rotatable bonds is 8. The number of aryl methyl sites for hydroxylation is 1. The molecule has 1 heterocycles. The minimum Gasteiger partial charge on any atom is -0.354 e. The number of hydrogen-bond donors (Lipinski definition) is 3. The van der Waals surface area contributed by atoms with E-state index in [0.29, 0.717) is 43.5 Å². The average Bonchev–Trinajstić information content (AvgIpc) is 3.34. The molecular weight excluding hydrogens is 494 g/mol. The number of nitrogens with one attached hydrogen (secondary N) is 2. The lowest BCUT2D eigenvalue weighted by molar-refractivity contribution is 0.0952. The first-order valence-corrected chi connectivity index (χ1v) is 13.0. The first-order chi connectivity index (χ1) is 17.9. The maximum atomic E-state index is 14.8. The molecule has 2 aromatic carbocycles. The first kappa shape index (κ1) is 26.8. The number of carbonyl (C=O) groups is 1. The number of halogens is 3. The van der Waals surface area contributed by atoms with Gasteiger partial charge < -0.3 is 16.4 Å². The van der Waals surface area contributed by atoms with Gasteiger partial charge in [-0.3, -0.25) is 9.79 Å². The molecule has 2 aromatic rings. The number of anilines is 1. The van der Waals surface area contributed by atoms with E-state index in [1.807, 2.05) is 31.2 Å². The molecule has 1 atom stereocenters. The number of hydrogen-bond acceptors (Lipinski definition) is 4. The Kier molecular flexibility index (Phi) is 8.90. The molecule has 5 nitrogen and oxygen atoms in total. The highest BCUT2D eigenvalue weighted by Gasteiger charge is 2.31. The molecule has 37 heavy (non-hydrogen) atoms. The van der Waals surface area contributed by atoms with E-state index in [-0.39, 0.29) is 22.4 Å². The molecule has 4 N–H and O–H groups in total. The maximum absolute atomic E-state index is 14.8. The van der Waals surface area contributed by atoms with Gasteiger partial charge in [-0.15, -0.1) is 0 Å². The zero-order valence-corrected chi connectivity index (χ0v) is 21.5. The molecule has 4 rings (SSSR count). The highest BCUT2D eigenvalue weighted by atomic mass is 35.5. The van der Waals surface area contributed by atoms with Crippen molar-refractivity contribution in [3.8, 4) is 0 Å². The molecule has 0 saturated heterocycles. The highest BCUT2D eigenvalue weighted by molar-refractivity contribution is 6.30. The van der Waals surface area contributed by atoms with Gasteiger partial charge in [0, 0.05) is 35.5 Å². The smallest absolute Gasteiger partial charge is 0.251 e. The van der Waals surface area contributed by atoms with Crippen molar-refractivity contribution in [2.45, 2.75) is 39.0 Å². The summed E-state index contributed by atoms with van der Waals surface area (Å²) in [5, 5.41) is 6.14. The normalized spacial score (nSPS) is 19.4. The Hall–Kier alpha value is -3.29. The van der Waals surface area contributed by atoms with Crippen LogP contribution in [-0.4, -0.2) is 24.7 Å². The van der Waals surface area contributed by atoms with Crippen molar-refractivity contribution in [1.29, 1.82) is 0 Å². The molecular formula is C29H31ClF2N4O. The van der Waals surface area contributed by atoms with E-state index < -0.39 is 11.6 Å². The predicted molar refractivity (Wildman–Crippen MR) is 147 cm³/mol. The number of nitrogens with zero attached hydrogens (tertiary/aromatic N) is 1. The summed E-state index contributed by atoms with van der Waals surface area (Å²) in [5.41, 5.74) is 10.3. The zero-order chi connectivity index (χ0) is 26.4. The Balaban J connectivity index is 1.60. The molecule has 1 aliphatic heterocycles. The van der Waals surface area contributed by atoms with Crippen molar-refractivity contribution in [2.75, 3.05) is 18.4 Å². The molecule has 0 spiro atoms. The minimum atomic E-state index is -1.05. The largest absolute Gasteiger partial charge is 0.354 e. The van der Waals surface area contributed by atoms with Gasteiger partial charge in [0.1, 0.15) is 0 Å². The monoisotopic (exact) mass is 524 g/mol. The van der Waals surface area contributed by atoms with E-state index >= 15 is 0 Å². The van der Waals surface area contributed by atoms with Crippen LogP contribution in [0.3, 0.4) is 0 Å². The van der Waals surface area contributed by atoms with Crippen LogP contribution in [0.15, 0.2) is 65.4 Å². The van der Waals surface area contributed by atoms with Gasteiger partial charge >= 0.3 is 0 Å². The summed E-state index contributed by atoms with van der Waals surface area (Å²) in [6.45, 7) is 3.07. The molecule has 194 valence electrons. The van der Waals surface area contributed by atoms with Gasteiger partial charge in [-0.05, 0) is 80.1 Å². The molecule has 1 amide bonds. The van der Waals surface area contributed by atoms with Crippen LogP contribution in [-0.2, 0) is 6.42 Å². The van der Waals surface area contributed by atoms with Gasteiger partial charge in [-0.1, -0.05) is 36.8 Å². The number of carbonyl (C=O) groups excluding carboxylic acids is 1. The van der Waals surface area contributed by atoms with Crippen LogP contribution in [0, 0.1) is 17.6 Å². The Morgan fingerprint density at radius 2 is 2.03 bits per heavy atom. The molecule has 0 saturated carbocycles. The molecule has 1 aliphatic carbocycles. The van der Waals surface area contributed by atoms with Crippen LogP contribution in [0.2, 0.25) is 5.02 Å². The summed E-state index contributed by atoms with van der Waals surface area (Å²) in [7, 11) is 0. The standard InChI is InChI=1S/C29H31ClF2N4O/c1-2-18-16-19(10-11-20(18)29(37)34-15-7-14-33)36-25-9-6-4-3-5-8-22-23(17-35-28(22)25)21-12-13-24(30)27(32)26(21)31/h3-4,9-13,16-17,22,36H,2,5-8,14-15,33H2,1H3,(H,34,37)/b4-3-,25-9-. The molecule has 0 radical (unpaired) electrons. The number of fused-ring (bicyclic) bond motifs is 1. The van der Waals surface area contributed by atoms with Gasteiger partial charge in [-0.25, -0.2) is 8.78 Å². The number of amides is 1. The molecule has 0 fully saturated rings. The van der Waals surface area contributed by atoms with Gasteiger partial charge in [0.2, 0.25) is 0 Å². The fourth-order valence-corrected chi connectivity index (χ4v) is 4.79. The lowest BCUT2D eigenvalue weighted by atomic mass is 9.86. The first-order valence-electron chi connectivity index (χ1n) is 12.6. The lowest BCUT2D eigenvalue weighted by Gasteiger charge is -2.21. The van der Waals surface area contributed by atoms with Crippen LogP contribution >= 0.6 is 11.6 Å². The predicted octanol–water partition coefficient (Wildman–Crippen LogP) is 6.41. The van der Waals surface area contributed by atoms with Crippen molar-refractivity contribution in [3.63, 3.8) is 0 Å². The van der Waals surface area contributed by atoms with E-state index in [4.69, 9.17) is 17.3 Å². The van der Waals surface area contributed by atoms with Crippen molar-refractivity contribution >= 4 is 34.5 Å². The van der Waals surface area contributed by atoms with Gasteiger partial charge in [0.15, 0.2) is 11.6 Å². The van der Waals surface area contributed by atoms with Gasteiger partial charge in [0.25, 0.3) is 5.91 Å². The van der Waals surface area contributed by atoms with Crippen LogP contribution in [0.25, 0.3) is 5.57 Å². The number of aliphatic imine (C=N–C) groups is 1. The summed E-state index contributed by atoms with van der Waals surface area (Å²) in [6.07, 6.45) is 11.5. The summed E-state index contributed by atoms with van der Waals surface area (Å²) >= 11 is 5.78. The average molecular weight is 525 g/mol. The fraction of sp³-hybridized carbons (Fsp3) is 0.310. The van der Waals surface area contributed by atoms with Crippen LogP contribution in [0.1, 0.15) is 54.1 Å². The maximum Gasteiger partial charge on any atom is 0.251 e. The van der Waals surface area contributed by atoms with E-state index in [9.17, 15) is 13.6 Å². The lowest BCUT2D eigenvalue weighted by Crippen LogP contribution is -2.27. The van der Waals surface area contributed by atoms with E-state index in [1.165, 1.54) is 12.1 Å². The van der Waals surface area contributed by atoms with Gasteiger partial charge in [0.05, 0.1) is 16.4 Å². The molecule has 0 aromatic heterocycles. The number of allylic oxidation sites excluding steroid dienone is 5. The van der Waals surface area contributed by atoms with Crippen molar-refractivity contribution < 1.29 is 13.6 Å². The Labute approximate surface area is 221 Å². The molecule has 8 heteroatoms. The second kappa shape index (κ2) is 12.3.